The fourth-order valence-electron chi connectivity index (χ4n) is 2.39. The van der Waals surface area contributed by atoms with Gasteiger partial charge in [0.15, 0.2) is 4.77 Å². The summed E-state index contributed by atoms with van der Waals surface area (Å²) in [6.07, 6.45) is 3.36. The van der Waals surface area contributed by atoms with Crippen molar-refractivity contribution >= 4 is 18.2 Å². The van der Waals surface area contributed by atoms with E-state index in [-0.39, 0.29) is 5.97 Å². The fraction of sp³-hybridized carbons (Fsp3) is 0.667. The Morgan fingerprint density at radius 1 is 1.44 bits per heavy atom. The van der Waals surface area contributed by atoms with Gasteiger partial charge in [-0.15, -0.1) is 0 Å². The number of H-pyrrole nitrogens is 1. The van der Waals surface area contributed by atoms with E-state index < -0.39 is 0 Å². The summed E-state index contributed by atoms with van der Waals surface area (Å²) in [5.41, 5.74) is 1.42. The first-order valence-electron chi connectivity index (χ1n) is 6.22. The summed E-state index contributed by atoms with van der Waals surface area (Å²) in [4.78, 5) is 17.0. The van der Waals surface area contributed by atoms with E-state index in [4.69, 9.17) is 17.0 Å². The van der Waals surface area contributed by atoms with E-state index in [1.54, 1.807) is 0 Å². The molecule has 0 aromatic carbocycles. The SMILES string of the molecule is COC(=O)c1[nH]c(=S)n(C)c1CCN1CCCC1. The van der Waals surface area contributed by atoms with E-state index in [0.717, 1.165) is 31.7 Å². The lowest BCUT2D eigenvalue weighted by Crippen LogP contribution is -2.23. The lowest BCUT2D eigenvalue weighted by atomic mass is 10.2. The van der Waals surface area contributed by atoms with Crippen LogP contribution in [0, 0.1) is 4.77 Å². The van der Waals surface area contributed by atoms with Crippen molar-refractivity contribution in [2.24, 2.45) is 7.05 Å². The Balaban J connectivity index is 2.14. The molecule has 1 aliphatic heterocycles. The summed E-state index contributed by atoms with van der Waals surface area (Å²) in [6, 6.07) is 0. The average molecular weight is 269 g/mol. The molecule has 1 N–H and O–H groups in total. The molecule has 0 spiro atoms. The Kier molecular flexibility index (Phi) is 4.19. The van der Waals surface area contributed by atoms with Crippen LogP contribution in [0.1, 0.15) is 29.0 Å². The Hall–Kier alpha value is -1.14. The zero-order valence-electron chi connectivity index (χ0n) is 10.9. The van der Waals surface area contributed by atoms with Crippen LogP contribution in [-0.2, 0) is 18.2 Å². The van der Waals surface area contributed by atoms with E-state index >= 15 is 0 Å². The van der Waals surface area contributed by atoms with Gasteiger partial charge >= 0.3 is 5.97 Å². The van der Waals surface area contributed by atoms with Crippen LogP contribution >= 0.6 is 12.2 Å². The summed E-state index contributed by atoms with van der Waals surface area (Å²) in [5, 5.41) is 0. The third-order valence-electron chi connectivity index (χ3n) is 3.48. The van der Waals surface area contributed by atoms with Crippen LogP contribution in [0.25, 0.3) is 0 Å². The molecule has 0 radical (unpaired) electrons. The van der Waals surface area contributed by atoms with Gasteiger partial charge in [-0.05, 0) is 38.1 Å². The third-order valence-corrected chi connectivity index (χ3v) is 3.86. The van der Waals surface area contributed by atoms with E-state index in [9.17, 15) is 4.79 Å². The number of nitrogens with zero attached hydrogens (tertiary/aromatic N) is 2. The summed E-state index contributed by atoms with van der Waals surface area (Å²) < 4.78 is 7.19. The zero-order chi connectivity index (χ0) is 13.1. The monoisotopic (exact) mass is 269 g/mol. The lowest BCUT2D eigenvalue weighted by Gasteiger charge is -2.14. The van der Waals surface area contributed by atoms with Gasteiger partial charge in [0, 0.05) is 20.0 Å². The molecule has 0 atom stereocenters. The third kappa shape index (κ3) is 2.64. The minimum atomic E-state index is -0.349. The highest BCUT2D eigenvalue weighted by Crippen LogP contribution is 2.13. The minimum absolute atomic E-state index is 0.349. The van der Waals surface area contributed by atoms with Crippen molar-refractivity contribution in [1.29, 1.82) is 0 Å². The molecule has 0 aliphatic carbocycles. The number of imidazole rings is 1. The van der Waals surface area contributed by atoms with Crippen molar-refractivity contribution in [1.82, 2.24) is 14.5 Å². The average Bonchev–Trinajstić information content (AvgIpc) is 2.97. The Bertz CT molecular complexity index is 486. The highest BCUT2D eigenvalue weighted by atomic mass is 32.1. The Morgan fingerprint density at radius 3 is 2.72 bits per heavy atom. The summed E-state index contributed by atoms with van der Waals surface area (Å²) in [7, 11) is 3.26. The first-order valence-corrected chi connectivity index (χ1v) is 6.63. The predicted octanol–water partition coefficient (Wildman–Crippen LogP) is 1.51. The van der Waals surface area contributed by atoms with Crippen molar-refractivity contribution in [2.45, 2.75) is 19.3 Å². The van der Waals surface area contributed by atoms with Crippen molar-refractivity contribution < 1.29 is 9.53 Å². The predicted molar refractivity (Wildman–Crippen MR) is 71.3 cm³/mol. The number of nitrogens with one attached hydrogen (secondary N) is 1. The maximum atomic E-state index is 11.7. The van der Waals surface area contributed by atoms with Gasteiger partial charge in [0.2, 0.25) is 0 Å². The van der Waals surface area contributed by atoms with Crippen molar-refractivity contribution in [3.63, 3.8) is 0 Å². The molecule has 0 bridgehead atoms. The van der Waals surface area contributed by atoms with Crippen molar-refractivity contribution in [3.8, 4) is 0 Å². The molecule has 0 saturated carbocycles. The van der Waals surface area contributed by atoms with Crippen molar-refractivity contribution in [3.05, 3.63) is 16.2 Å². The minimum Gasteiger partial charge on any atom is -0.464 e. The van der Waals surface area contributed by atoms with Crippen LogP contribution < -0.4 is 0 Å². The standard InChI is InChI=1S/C12H19N3O2S/c1-14-9(5-8-15-6-3-4-7-15)10(11(16)17-2)13-12(14)18/h3-8H2,1-2H3,(H,13,18). The van der Waals surface area contributed by atoms with Gasteiger partial charge in [-0.25, -0.2) is 4.79 Å². The Morgan fingerprint density at radius 2 is 2.11 bits per heavy atom. The molecule has 1 saturated heterocycles. The molecule has 1 aliphatic rings. The molecule has 0 amide bonds. The number of esters is 1. The highest BCUT2D eigenvalue weighted by molar-refractivity contribution is 7.71. The van der Waals surface area contributed by atoms with E-state index in [0.29, 0.717) is 10.5 Å². The van der Waals surface area contributed by atoms with Crippen LogP contribution in [0.5, 0.6) is 0 Å². The number of rotatable bonds is 4. The molecule has 5 nitrogen and oxygen atoms in total. The number of carbonyl (C=O) groups is 1. The molecule has 1 fully saturated rings. The molecule has 100 valence electrons. The second kappa shape index (κ2) is 5.67. The number of carbonyl (C=O) groups excluding carboxylic acids is 1. The van der Waals surface area contributed by atoms with Crippen LogP contribution in [0.2, 0.25) is 0 Å². The Labute approximate surface area is 112 Å². The van der Waals surface area contributed by atoms with Gasteiger partial charge in [-0.3, -0.25) is 0 Å². The smallest absolute Gasteiger partial charge is 0.356 e. The fourth-order valence-corrected chi connectivity index (χ4v) is 2.60. The van der Waals surface area contributed by atoms with Crippen LogP contribution in [0.3, 0.4) is 0 Å². The number of likely N-dealkylation sites (tertiary alicyclic amines) is 1. The molecule has 2 rings (SSSR count). The molecule has 0 unspecified atom stereocenters. The van der Waals surface area contributed by atoms with E-state index in [2.05, 4.69) is 9.88 Å². The maximum absolute atomic E-state index is 11.7. The number of hydrogen-bond donors (Lipinski definition) is 1. The molecule has 1 aromatic heterocycles. The molecule has 18 heavy (non-hydrogen) atoms. The van der Waals surface area contributed by atoms with Crippen LogP contribution in [-0.4, -0.2) is 47.2 Å². The van der Waals surface area contributed by atoms with Crippen LogP contribution in [0.4, 0.5) is 0 Å². The van der Waals surface area contributed by atoms with E-state index in [1.165, 1.54) is 20.0 Å². The van der Waals surface area contributed by atoms with Gasteiger partial charge in [0.05, 0.1) is 12.8 Å². The summed E-state index contributed by atoms with van der Waals surface area (Å²) in [6.45, 7) is 3.27. The first-order chi connectivity index (χ1) is 8.63. The van der Waals surface area contributed by atoms with Crippen molar-refractivity contribution in [2.75, 3.05) is 26.7 Å². The van der Waals surface area contributed by atoms with Gasteiger partial charge in [0.1, 0.15) is 5.69 Å². The second-order valence-electron chi connectivity index (χ2n) is 4.60. The van der Waals surface area contributed by atoms with Gasteiger partial charge in [0.25, 0.3) is 0 Å². The number of ether oxygens (including phenoxy) is 1. The normalized spacial score (nSPS) is 16.1. The highest BCUT2D eigenvalue weighted by Gasteiger charge is 2.19. The summed E-state index contributed by atoms with van der Waals surface area (Å²) >= 11 is 5.16. The number of methoxy groups -OCH3 is 1. The van der Waals surface area contributed by atoms with E-state index in [1.807, 2.05) is 11.6 Å². The maximum Gasteiger partial charge on any atom is 0.356 e. The van der Waals surface area contributed by atoms with Gasteiger partial charge < -0.3 is 19.2 Å². The molecule has 2 heterocycles. The molecular weight excluding hydrogens is 250 g/mol. The largest absolute Gasteiger partial charge is 0.464 e. The topological polar surface area (TPSA) is 50.3 Å². The number of aromatic nitrogens is 2. The second-order valence-corrected chi connectivity index (χ2v) is 4.99. The quantitative estimate of drug-likeness (QED) is 0.665. The first kappa shape index (κ1) is 13.3. The zero-order valence-corrected chi connectivity index (χ0v) is 11.7. The van der Waals surface area contributed by atoms with Gasteiger partial charge in [-0.1, -0.05) is 0 Å². The molecule has 6 heteroatoms. The molecular formula is C12H19N3O2S. The summed E-state index contributed by atoms with van der Waals surface area (Å²) in [5.74, 6) is -0.349. The number of hydrogen-bond acceptors (Lipinski definition) is 4. The molecule has 1 aromatic rings. The number of aromatic amines is 1. The lowest BCUT2D eigenvalue weighted by molar-refractivity contribution is 0.0593. The van der Waals surface area contributed by atoms with Crippen LogP contribution in [0.15, 0.2) is 0 Å². The van der Waals surface area contributed by atoms with Gasteiger partial charge in [-0.2, -0.15) is 0 Å².